The predicted octanol–water partition coefficient (Wildman–Crippen LogP) is 2.28. The quantitative estimate of drug-likeness (QED) is 0.518. The molecule has 0 saturated carbocycles. The number of rotatable bonds is 5. The van der Waals surface area contributed by atoms with Crippen LogP contribution in [-0.2, 0) is 20.8 Å². The molecule has 1 saturated heterocycles. The second-order valence-corrected chi connectivity index (χ2v) is 10.6. The highest BCUT2D eigenvalue weighted by atomic mass is 16.5. The highest BCUT2D eigenvalue weighted by Crippen LogP contribution is 2.36. The maximum Gasteiger partial charge on any atom is 0.257 e. The van der Waals surface area contributed by atoms with Gasteiger partial charge in [-0.2, -0.15) is 0 Å². The van der Waals surface area contributed by atoms with Crippen molar-refractivity contribution in [2.75, 3.05) is 53.0 Å². The van der Waals surface area contributed by atoms with Crippen LogP contribution in [0.4, 0.5) is 0 Å². The van der Waals surface area contributed by atoms with Crippen LogP contribution >= 0.6 is 0 Å². The maximum absolute atomic E-state index is 14.1. The van der Waals surface area contributed by atoms with Crippen LogP contribution in [-0.4, -0.2) is 75.6 Å². The van der Waals surface area contributed by atoms with Gasteiger partial charge < -0.3 is 30.3 Å². The number of carbonyl (C=O) groups is 3. The van der Waals surface area contributed by atoms with Gasteiger partial charge in [0.1, 0.15) is 0 Å². The molecule has 0 radical (unpaired) electrons. The summed E-state index contributed by atoms with van der Waals surface area (Å²) in [6.45, 7) is 7.80. The highest BCUT2D eigenvalue weighted by Gasteiger charge is 2.42. The molecule has 1 aromatic rings. The lowest BCUT2D eigenvalue weighted by Gasteiger charge is -2.37. The number of benzene rings is 1. The molecule has 9 heteroatoms. The van der Waals surface area contributed by atoms with Gasteiger partial charge >= 0.3 is 0 Å². The number of ether oxygens (including phenoxy) is 2. The lowest BCUT2D eigenvalue weighted by atomic mass is 9.74. The monoisotopic (exact) mass is 516 g/mol. The third-order valence-corrected chi connectivity index (χ3v) is 7.18. The average Bonchev–Trinajstić information content (AvgIpc) is 3.43. The Hall–Kier alpha value is -2.81. The Morgan fingerprint density at radius 2 is 1.86 bits per heavy atom. The highest BCUT2D eigenvalue weighted by molar-refractivity contribution is 5.85. The summed E-state index contributed by atoms with van der Waals surface area (Å²) in [5.41, 5.74) is 0.180. The van der Waals surface area contributed by atoms with Gasteiger partial charge in [0.25, 0.3) is 5.91 Å². The van der Waals surface area contributed by atoms with E-state index in [9.17, 15) is 14.4 Å². The van der Waals surface area contributed by atoms with Gasteiger partial charge in [0.15, 0.2) is 18.1 Å². The van der Waals surface area contributed by atoms with Crippen molar-refractivity contribution in [3.05, 3.63) is 23.8 Å². The lowest BCUT2D eigenvalue weighted by molar-refractivity contribution is -0.142. The molecule has 3 aliphatic rings. The van der Waals surface area contributed by atoms with Gasteiger partial charge in [0.05, 0.1) is 12.5 Å². The van der Waals surface area contributed by atoms with Crippen molar-refractivity contribution in [3.8, 4) is 11.5 Å². The SMILES string of the molecule is COc1cc2ccc1OCC(=O)NCCNCCCC(=O)NCC(CCC(C)C)(C(=O)N1CCCC1)C2. The molecule has 3 amide bonds. The number of methoxy groups -OCH3 is 1. The van der Waals surface area contributed by atoms with Crippen LogP contribution in [0.2, 0.25) is 0 Å². The third-order valence-electron chi connectivity index (χ3n) is 7.18. The molecule has 37 heavy (non-hydrogen) atoms. The Morgan fingerprint density at radius 1 is 1.08 bits per heavy atom. The number of nitrogens with one attached hydrogen (secondary N) is 3. The minimum Gasteiger partial charge on any atom is -0.493 e. The standard InChI is InChI=1S/C28H44N4O5/c1-21(2)10-11-28(27(35)32-15-4-5-16-32)18-22-8-9-23(24(17-22)36-3)37-19-26(34)30-14-13-29-12-6-7-25(33)31-20-28/h8-9,17,21,29H,4-7,10-16,18-20H2,1-3H3,(H,30,34)(H,31,33). The average molecular weight is 517 g/mol. The Labute approximate surface area is 221 Å². The van der Waals surface area contributed by atoms with Crippen LogP contribution in [0.25, 0.3) is 0 Å². The summed E-state index contributed by atoms with van der Waals surface area (Å²) in [6, 6.07) is 5.61. The fourth-order valence-corrected chi connectivity index (χ4v) is 4.99. The largest absolute Gasteiger partial charge is 0.493 e. The van der Waals surface area contributed by atoms with E-state index in [2.05, 4.69) is 29.8 Å². The molecule has 9 nitrogen and oxygen atoms in total. The van der Waals surface area contributed by atoms with Crippen molar-refractivity contribution >= 4 is 17.7 Å². The summed E-state index contributed by atoms with van der Waals surface area (Å²) in [4.78, 5) is 41.0. The van der Waals surface area contributed by atoms with Gasteiger partial charge in [-0.25, -0.2) is 0 Å². The van der Waals surface area contributed by atoms with Crippen LogP contribution < -0.4 is 25.4 Å². The van der Waals surface area contributed by atoms with Crippen molar-refractivity contribution in [3.63, 3.8) is 0 Å². The molecule has 0 spiro atoms. The van der Waals surface area contributed by atoms with E-state index in [1.807, 2.05) is 17.0 Å². The molecule has 4 rings (SSSR count). The van der Waals surface area contributed by atoms with Crippen LogP contribution in [0.1, 0.15) is 57.9 Å². The zero-order valence-corrected chi connectivity index (χ0v) is 22.7. The van der Waals surface area contributed by atoms with Crippen molar-refractivity contribution in [2.45, 2.75) is 58.8 Å². The maximum atomic E-state index is 14.1. The van der Waals surface area contributed by atoms with Crippen LogP contribution in [0.15, 0.2) is 18.2 Å². The first-order chi connectivity index (χ1) is 17.8. The molecule has 1 fully saturated rings. The lowest BCUT2D eigenvalue weighted by Crippen LogP contribution is -2.51. The normalized spacial score (nSPS) is 22.4. The Morgan fingerprint density at radius 3 is 2.59 bits per heavy atom. The van der Waals surface area contributed by atoms with Crippen molar-refractivity contribution in [2.24, 2.45) is 11.3 Å². The first-order valence-corrected chi connectivity index (χ1v) is 13.7. The number of nitrogens with zero attached hydrogens (tertiary/aromatic N) is 1. The summed E-state index contributed by atoms with van der Waals surface area (Å²) in [5.74, 6) is 1.28. The van der Waals surface area contributed by atoms with E-state index in [-0.39, 0.29) is 24.3 Å². The molecule has 3 heterocycles. The first kappa shape index (κ1) is 28.8. The van der Waals surface area contributed by atoms with Crippen molar-refractivity contribution < 1.29 is 23.9 Å². The predicted molar refractivity (Wildman–Crippen MR) is 143 cm³/mol. The van der Waals surface area contributed by atoms with E-state index in [0.717, 1.165) is 37.9 Å². The molecule has 2 bridgehead atoms. The Kier molecular flexibility index (Phi) is 11.0. The topological polar surface area (TPSA) is 109 Å². The Balaban J connectivity index is 1.94. The summed E-state index contributed by atoms with van der Waals surface area (Å²) >= 11 is 0. The van der Waals surface area contributed by atoms with Crippen molar-refractivity contribution in [1.82, 2.24) is 20.9 Å². The molecule has 1 unspecified atom stereocenters. The zero-order chi connectivity index (χ0) is 26.7. The van der Waals surface area contributed by atoms with E-state index in [0.29, 0.717) is 69.3 Å². The number of amides is 3. The van der Waals surface area contributed by atoms with Gasteiger partial charge in [-0.1, -0.05) is 19.9 Å². The third kappa shape index (κ3) is 8.62. The van der Waals surface area contributed by atoms with Crippen molar-refractivity contribution in [1.29, 1.82) is 0 Å². The van der Waals surface area contributed by atoms with Gasteiger partial charge in [-0.05, 0) is 68.7 Å². The summed E-state index contributed by atoms with van der Waals surface area (Å²) in [6.07, 6.45) is 5.13. The fraction of sp³-hybridized carbons (Fsp3) is 0.679. The van der Waals surface area contributed by atoms with E-state index in [4.69, 9.17) is 9.47 Å². The van der Waals surface area contributed by atoms with Crippen LogP contribution in [0.5, 0.6) is 11.5 Å². The molecule has 1 aromatic carbocycles. The smallest absolute Gasteiger partial charge is 0.257 e. The molecular weight excluding hydrogens is 472 g/mol. The van der Waals surface area contributed by atoms with E-state index < -0.39 is 5.41 Å². The van der Waals surface area contributed by atoms with Gasteiger partial charge in [0, 0.05) is 39.1 Å². The number of fused-ring (bicyclic) bond motifs is 16. The van der Waals surface area contributed by atoms with Crippen LogP contribution in [0, 0.1) is 11.3 Å². The van der Waals surface area contributed by atoms with E-state index in [1.165, 1.54) is 0 Å². The van der Waals surface area contributed by atoms with E-state index >= 15 is 0 Å². The minimum atomic E-state index is -0.751. The summed E-state index contributed by atoms with van der Waals surface area (Å²) in [7, 11) is 1.56. The zero-order valence-electron chi connectivity index (χ0n) is 22.7. The van der Waals surface area contributed by atoms with Gasteiger partial charge in [-0.3, -0.25) is 14.4 Å². The minimum absolute atomic E-state index is 0.0440. The molecule has 206 valence electrons. The summed E-state index contributed by atoms with van der Waals surface area (Å²) in [5, 5.41) is 9.17. The summed E-state index contributed by atoms with van der Waals surface area (Å²) < 4.78 is 11.3. The van der Waals surface area contributed by atoms with E-state index in [1.54, 1.807) is 13.2 Å². The number of likely N-dealkylation sites (tertiary alicyclic amines) is 1. The fourth-order valence-electron chi connectivity index (χ4n) is 4.99. The molecule has 3 aliphatic heterocycles. The number of hydrogen-bond donors (Lipinski definition) is 3. The molecule has 0 aromatic heterocycles. The number of carbonyl (C=O) groups excluding carboxylic acids is 3. The Bertz CT molecular complexity index is 916. The molecule has 1 atom stereocenters. The molecule has 0 aliphatic carbocycles. The first-order valence-electron chi connectivity index (χ1n) is 13.7. The van der Waals surface area contributed by atoms with Crippen LogP contribution in [0.3, 0.4) is 0 Å². The van der Waals surface area contributed by atoms with Gasteiger partial charge in [0.2, 0.25) is 11.8 Å². The second-order valence-electron chi connectivity index (χ2n) is 10.6. The molecule has 3 N–H and O–H groups in total. The van der Waals surface area contributed by atoms with Gasteiger partial charge in [-0.15, -0.1) is 0 Å². The molecular formula is C28H44N4O5. The number of hydrogen-bond acceptors (Lipinski definition) is 6. The second kappa shape index (κ2) is 14.2.